The van der Waals surface area contributed by atoms with Gasteiger partial charge in [-0.05, 0) is 17.7 Å². The molecule has 142 valence electrons. The third-order valence-electron chi connectivity index (χ3n) is 3.70. The second-order valence-corrected chi connectivity index (χ2v) is 5.72. The Hall–Kier alpha value is -2.71. The Balaban J connectivity index is 1.84. The van der Waals surface area contributed by atoms with Crippen molar-refractivity contribution in [3.05, 3.63) is 47.4 Å². The van der Waals surface area contributed by atoms with Crippen molar-refractivity contribution in [2.24, 2.45) is 0 Å². The summed E-state index contributed by atoms with van der Waals surface area (Å²) < 4.78 is 41.1. The van der Waals surface area contributed by atoms with Gasteiger partial charge < -0.3 is 20.3 Å². The minimum Gasteiger partial charge on any atom is -0.477 e. The van der Waals surface area contributed by atoms with Crippen LogP contribution < -0.4 is 15.4 Å². The Morgan fingerprint density at radius 3 is 2.77 bits per heavy atom. The molecule has 0 spiro atoms. The number of likely N-dealkylation sites (N-methyl/N-ethyl adjacent to an activating group) is 1. The number of carbonyl (C=O) groups is 1. The van der Waals surface area contributed by atoms with E-state index in [1.165, 1.54) is 18.3 Å². The summed E-state index contributed by atoms with van der Waals surface area (Å²) in [6.45, 7) is 0.593. The first-order valence-electron chi connectivity index (χ1n) is 8.02. The quantitative estimate of drug-likeness (QED) is 0.769. The van der Waals surface area contributed by atoms with E-state index in [1.54, 1.807) is 0 Å². The van der Waals surface area contributed by atoms with Crippen LogP contribution >= 0.6 is 0 Å². The number of ether oxygens (including phenoxy) is 1. The van der Waals surface area contributed by atoms with Crippen LogP contribution in [0.3, 0.4) is 0 Å². The van der Waals surface area contributed by atoms with E-state index in [2.05, 4.69) is 15.6 Å². The molecular weight excluding hydrogens is 349 g/mol. The van der Waals surface area contributed by atoms with Gasteiger partial charge in [0.1, 0.15) is 5.82 Å². The van der Waals surface area contributed by atoms with Crippen LogP contribution in [-0.4, -0.2) is 55.8 Å². The normalized spacial score (nSPS) is 14.4. The first-order chi connectivity index (χ1) is 12.3. The van der Waals surface area contributed by atoms with Gasteiger partial charge in [-0.3, -0.25) is 4.79 Å². The maximum Gasteiger partial charge on any atom is 0.392 e. The number of nitrogens with one attached hydrogen (secondary N) is 2. The molecule has 26 heavy (non-hydrogen) atoms. The molecule has 0 atom stereocenters. The van der Waals surface area contributed by atoms with Crippen LogP contribution in [0, 0.1) is 0 Å². The highest BCUT2D eigenvalue weighted by atomic mass is 19.4. The number of alkyl halides is 3. The number of amides is 1. The molecule has 1 amide bonds. The fourth-order valence-electron chi connectivity index (χ4n) is 2.24. The van der Waals surface area contributed by atoms with Crippen LogP contribution in [0.1, 0.15) is 16.8 Å². The zero-order valence-corrected chi connectivity index (χ0v) is 14.6. The van der Waals surface area contributed by atoms with Crippen molar-refractivity contribution in [1.29, 1.82) is 0 Å². The predicted molar refractivity (Wildman–Crippen MR) is 90.6 cm³/mol. The maximum absolute atomic E-state index is 12.1. The van der Waals surface area contributed by atoms with E-state index in [9.17, 15) is 18.0 Å². The summed E-state index contributed by atoms with van der Waals surface area (Å²) in [6, 6.07) is 2.84. The molecule has 0 unspecified atom stereocenters. The Morgan fingerprint density at radius 2 is 2.15 bits per heavy atom. The zero-order valence-electron chi connectivity index (χ0n) is 14.6. The Bertz CT molecular complexity index is 684. The van der Waals surface area contributed by atoms with E-state index in [1.807, 2.05) is 31.1 Å². The van der Waals surface area contributed by atoms with Crippen LogP contribution in [0.5, 0.6) is 5.88 Å². The van der Waals surface area contributed by atoms with Crippen LogP contribution in [0.4, 0.5) is 13.2 Å². The van der Waals surface area contributed by atoms with Crippen molar-refractivity contribution < 1.29 is 22.7 Å². The van der Waals surface area contributed by atoms with Gasteiger partial charge in [0, 0.05) is 39.4 Å². The molecule has 0 radical (unpaired) electrons. The molecule has 6 nitrogen and oxygen atoms in total. The second-order valence-electron chi connectivity index (χ2n) is 5.72. The van der Waals surface area contributed by atoms with Crippen molar-refractivity contribution >= 4 is 5.91 Å². The summed E-state index contributed by atoms with van der Waals surface area (Å²) in [5.41, 5.74) is 1.28. The fourth-order valence-corrected chi connectivity index (χ4v) is 2.24. The first-order valence-corrected chi connectivity index (χ1v) is 8.02. The lowest BCUT2D eigenvalue weighted by Gasteiger charge is -2.25. The number of hydrogen-bond donors (Lipinski definition) is 2. The number of halogens is 3. The highest BCUT2D eigenvalue weighted by Crippen LogP contribution is 2.19. The molecule has 2 N–H and O–H groups in total. The molecule has 0 saturated carbocycles. The summed E-state index contributed by atoms with van der Waals surface area (Å²) in [5.74, 6) is 0.683. The van der Waals surface area contributed by atoms with E-state index in [-0.39, 0.29) is 11.8 Å². The van der Waals surface area contributed by atoms with Crippen LogP contribution in [0.25, 0.3) is 0 Å². The van der Waals surface area contributed by atoms with E-state index < -0.39 is 19.2 Å². The van der Waals surface area contributed by atoms with Gasteiger partial charge in [0.15, 0.2) is 0 Å². The van der Waals surface area contributed by atoms with E-state index in [4.69, 9.17) is 4.74 Å². The fraction of sp³-hybridized carbons (Fsp3) is 0.412. The molecular formula is C17H21F3N4O2. The number of pyridine rings is 1. The van der Waals surface area contributed by atoms with Crippen molar-refractivity contribution in [1.82, 2.24) is 20.5 Å². The Labute approximate surface area is 149 Å². The Kier molecular flexibility index (Phi) is 6.48. The second kappa shape index (κ2) is 8.59. The zero-order chi connectivity index (χ0) is 19.2. The monoisotopic (exact) mass is 370 g/mol. The van der Waals surface area contributed by atoms with Crippen molar-refractivity contribution in [3.63, 3.8) is 0 Å². The smallest absolute Gasteiger partial charge is 0.392 e. The minimum atomic E-state index is -4.27. The number of hydrogen-bond acceptors (Lipinski definition) is 5. The third kappa shape index (κ3) is 5.98. The predicted octanol–water partition coefficient (Wildman–Crippen LogP) is 2.08. The van der Waals surface area contributed by atoms with Gasteiger partial charge in [0.05, 0.1) is 18.6 Å². The largest absolute Gasteiger partial charge is 0.477 e. The number of carbonyl (C=O) groups excluding carboxylic acids is 1. The minimum absolute atomic E-state index is 0.0467. The number of nitrogens with zero attached hydrogens (tertiary/aromatic N) is 2. The average molecular weight is 370 g/mol. The van der Waals surface area contributed by atoms with Crippen LogP contribution in [0.15, 0.2) is 41.9 Å². The molecule has 2 rings (SSSR count). The van der Waals surface area contributed by atoms with Gasteiger partial charge in [-0.1, -0.05) is 6.08 Å². The molecule has 9 heteroatoms. The van der Waals surface area contributed by atoms with Crippen molar-refractivity contribution in [3.8, 4) is 5.88 Å². The average Bonchev–Trinajstić information content (AvgIpc) is 2.60. The van der Waals surface area contributed by atoms with Gasteiger partial charge in [-0.2, -0.15) is 13.2 Å². The molecule has 1 aliphatic heterocycles. The van der Waals surface area contributed by atoms with Crippen molar-refractivity contribution in [2.45, 2.75) is 12.6 Å². The summed E-state index contributed by atoms with van der Waals surface area (Å²) >= 11 is 0. The summed E-state index contributed by atoms with van der Waals surface area (Å²) in [4.78, 5) is 18.0. The van der Waals surface area contributed by atoms with Gasteiger partial charge >= 0.3 is 6.18 Å². The third-order valence-corrected chi connectivity index (χ3v) is 3.70. The topological polar surface area (TPSA) is 66.5 Å². The molecule has 1 aromatic rings. The molecule has 1 aromatic heterocycles. The van der Waals surface area contributed by atoms with E-state index in [0.29, 0.717) is 12.1 Å². The van der Waals surface area contributed by atoms with E-state index >= 15 is 0 Å². The van der Waals surface area contributed by atoms with E-state index in [0.717, 1.165) is 17.9 Å². The molecule has 0 aromatic carbocycles. The highest BCUT2D eigenvalue weighted by Gasteiger charge is 2.26. The SMILES string of the molecule is CNC1=CC(CNC(=O)c2ccc(OCCC(F)(F)F)nc2)=CCN1C. The van der Waals surface area contributed by atoms with Gasteiger partial charge in [-0.15, -0.1) is 0 Å². The lowest BCUT2D eigenvalue weighted by Crippen LogP contribution is -2.31. The van der Waals surface area contributed by atoms with Crippen LogP contribution in [0.2, 0.25) is 0 Å². The standard InChI is InChI=1S/C17H21F3N4O2/c1-21-14-9-12(5-7-24(14)2)10-23-16(25)13-3-4-15(22-11-13)26-8-6-17(18,19)20/h3-5,9,11,21H,6-8,10H2,1-2H3,(H,23,25). The first kappa shape index (κ1) is 19.6. The number of aromatic nitrogens is 1. The van der Waals surface area contributed by atoms with Gasteiger partial charge in [0.2, 0.25) is 5.88 Å². The molecule has 1 aliphatic rings. The molecule has 2 heterocycles. The molecule has 0 fully saturated rings. The lowest BCUT2D eigenvalue weighted by molar-refractivity contribution is -0.139. The molecule has 0 aliphatic carbocycles. The maximum atomic E-state index is 12.1. The highest BCUT2D eigenvalue weighted by molar-refractivity contribution is 5.94. The number of rotatable bonds is 7. The van der Waals surface area contributed by atoms with Gasteiger partial charge in [-0.25, -0.2) is 4.98 Å². The van der Waals surface area contributed by atoms with Crippen LogP contribution in [-0.2, 0) is 0 Å². The summed E-state index contributed by atoms with van der Waals surface area (Å²) in [7, 11) is 3.78. The van der Waals surface area contributed by atoms with Crippen molar-refractivity contribution in [2.75, 3.05) is 33.8 Å². The van der Waals surface area contributed by atoms with Gasteiger partial charge in [0.25, 0.3) is 5.91 Å². The summed E-state index contributed by atoms with van der Waals surface area (Å²) in [6.07, 6.45) is -0.0971. The molecule has 0 bridgehead atoms. The lowest BCUT2D eigenvalue weighted by atomic mass is 10.1. The molecule has 0 saturated heterocycles. The summed E-state index contributed by atoms with van der Waals surface area (Å²) in [5, 5.41) is 5.86. The Morgan fingerprint density at radius 1 is 1.38 bits per heavy atom.